The number of carbonyl (C=O) groups excluding carboxylic acids is 1. The Morgan fingerprint density at radius 1 is 1.53 bits per heavy atom. The summed E-state index contributed by atoms with van der Waals surface area (Å²) in [5.41, 5.74) is 7.33. The number of aromatic nitrogens is 2. The van der Waals surface area contributed by atoms with Crippen LogP contribution >= 0.6 is 15.9 Å². The van der Waals surface area contributed by atoms with Crippen molar-refractivity contribution < 1.29 is 4.79 Å². The van der Waals surface area contributed by atoms with Gasteiger partial charge in [-0.05, 0) is 28.9 Å². The largest absolute Gasteiger partial charge is 0.369 e. The molecule has 0 unspecified atom stereocenters. The molecule has 1 heterocycles. The summed E-state index contributed by atoms with van der Waals surface area (Å²) in [6, 6.07) is 0. The van der Waals surface area contributed by atoms with E-state index in [2.05, 4.69) is 28.0 Å². The van der Waals surface area contributed by atoms with Gasteiger partial charge in [0.1, 0.15) is 0 Å². The monoisotopic (exact) mass is 302 g/mol. The lowest BCUT2D eigenvalue weighted by Crippen LogP contribution is -2.33. The topological polar surface area (TPSA) is 64.2 Å². The Bertz CT molecular complexity index is 402. The molecule has 1 aromatic rings. The molecule has 6 heteroatoms. The van der Waals surface area contributed by atoms with Crippen LogP contribution in [-0.2, 0) is 24.8 Å². The van der Waals surface area contributed by atoms with E-state index < -0.39 is 0 Å². The summed E-state index contributed by atoms with van der Waals surface area (Å²) >= 11 is 3.56. The van der Waals surface area contributed by atoms with Crippen LogP contribution in [0.3, 0.4) is 0 Å². The average Bonchev–Trinajstić information content (AvgIpc) is 2.54. The maximum Gasteiger partial charge on any atom is 0.231 e. The van der Waals surface area contributed by atoms with Gasteiger partial charge in [-0.25, -0.2) is 0 Å². The van der Waals surface area contributed by atoms with Crippen LogP contribution in [0.15, 0.2) is 4.47 Å². The third kappa shape index (κ3) is 3.54. The predicted molar refractivity (Wildman–Crippen MR) is 70.4 cm³/mol. The second-order valence-electron chi connectivity index (χ2n) is 3.95. The quantitative estimate of drug-likeness (QED) is 0.854. The van der Waals surface area contributed by atoms with Crippen molar-refractivity contribution >= 4 is 21.8 Å². The van der Waals surface area contributed by atoms with Crippen molar-refractivity contribution in [2.45, 2.75) is 26.8 Å². The number of aryl methyl sites for hydroxylation is 2. The van der Waals surface area contributed by atoms with Crippen LogP contribution in [0.1, 0.15) is 25.2 Å². The van der Waals surface area contributed by atoms with Gasteiger partial charge in [0, 0.05) is 13.6 Å². The number of likely N-dealkylation sites (N-methyl/N-ethyl adjacent to an activating group) is 1. The Morgan fingerprint density at radius 3 is 2.59 bits per heavy atom. The summed E-state index contributed by atoms with van der Waals surface area (Å²) in [6.45, 7) is 5.80. The lowest BCUT2D eigenvalue weighted by atomic mass is 10.3. The number of hydrogen-bond acceptors (Lipinski definition) is 3. The fourth-order valence-corrected chi connectivity index (χ4v) is 2.44. The Kier molecular flexibility index (Phi) is 5.14. The molecule has 0 fully saturated rings. The highest BCUT2D eigenvalue weighted by atomic mass is 79.9. The average molecular weight is 303 g/mol. The van der Waals surface area contributed by atoms with Crippen LogP contribution in [0.2, 0.25) is 0 Å². The fourth-order valence-electron chi connectivity index (χ4n) is 1.70. The number of nitrogens with two attached hydrogens (primary N) is 1. The van der Waals surface area contributed by atoms with Gasteiger partial charge in [0.2, 0.25) is 5.91 Å². The van der Waals surface area contributed by atoms with E-state index in [9.17, 15) is 4.79 Å². The maximum absolute atomic E-state index is 10.9. The van der Waals surface area contributed by atoms with Gasteiger partial charge in [-0.1, -0.05) is 13.8 Å². The molecular formula is C11H19BrN4O. The minimum absolute atomic E-state index is 0.273. The summed E-state index contributed by atoms with van der Waals surface area (Å²) in [5.74, 6) is -0.305. The first kappa shape index (κ1) is 14.2. The zero-order valence-electron chi connectivity index (χ0n) is 10.5. The molecule has 0 aliphatic rings. The second kappa shape index (κ2) is 6.16. The van der Waals surface area contributed by atoms with Crippen LogP contribution in [0.4, 0.5) is 0 Å². The highest BCUT2D eigenvalue weighted by molar-refractivity contribution is 9.10. The lowest BCUT2D eigenvalue weighted by Gasteiger charge is -2.18. The number of nitrogens with zero attached hydrogens (tertiary/aromatic N) is 3. The molecule has 0 saturated heterocycles. The van der Waals surface area contributed by atoms with Crippen LogP contribution in [0.5, 0.6) is 0 Å². The van der Waals surface area contributed by atoms with Crippen LogP contribution in [0.25, 0.3) is 0 Å². The fraction of sp³-hybridized carbons (Fsp3) is 0.636. The van der Waals surface area contributed by atoms with Crippen molar-refractivity contribution in [1.29, 1.82) is 0 Å². The van der Waals surface area contributed by atoms with E-state index in [1.165, 1.54) is 0 Å². The molecule has 2 N–H and O–H groups in total. The first-order chi connectivity index (χ1) is 7.99. The number of amides is 1. The van der Waals surface area contributed by atoms with Crippen molar-refractivity contribution in [3.8, 4) is 0 Å². The molecule has 0 aliphatic carbocycles. The van der Waals surface area contributed by atoms with Gasteiger partial charge in [0.25, 0.3) is 0 Å². The number of halogens is 1. The SMILES string of the molecule is CCc1nn(C)c(CN(CC)CC(N)=O)c1Br. The molecule has 0 aliphatic heterocycles. The summed E-state index contributed by atoms with van der Waals surface area (Å²) in [6.07, 6.45) is 0.885. The molecule has 0 atom stereocenters. The van der Waals surface area contributed by atoms with Crippen LogP contribution in [-0.4, -0.2) is 33.7 Å². The van der Waals surface area contributed by atoms with Crippen LogP contribution in [0, 0.1) is 0 Å². The second-order valence-corrected chi connectivity index (χ2v) is 4.75. The third-order valence-corrected chi connectivity index (χ3v) is 3.62. The molecule has 96 valence electrons. The molecule has 0 saturated carbocycles. The van der Waals surface area contributed by atoms with Crippen molar-refractivity contribution in [1.82, 2.24) is 14.7 Å². The first-order valence-electron chi connectivity index (χ1n) is 5.70. The summed E-state index contributed by atoms with van der Waals surface area (Å²) in [7, 11) is 1.91. The lowest BCUT2D eigenvalue weighted by molar-refractivity contribution is -0.119. The standard InChI is InChI=1S/C11H19BrN4O/c1-4-8-11(12)9(15(3)14-8)6-16(5-2)7-10(13)17/h4-7H2,1-3H3,(H2,13,17). The van der Waals surface area contributed by atoms with E-state index in [4.69, 9.17) is 5.73 Å². The van der Waals surface area contributed by atoms with Gasteiger partial charge in [0.15, 0.2) is 0 Å². The summed E-state index contributed by atoms with van der Waals surface area (Å²) in [4.78, 5) is 12.9. The Labute approximate surface area is 110 Å². The van der Waals surface area contributed by atoms with Crippen molar-refractivity contribution in [2.75, 3.05) is 13.1 Å². The molecule has 0 aromatic carbocycles. The smallest absolute Gasteiger partial charge is 0.231 e. The van der Waals surface area contributed by atoms with E-state index in [0.29, 0.717) is 6.54 Å². The maximum atomic E-state index is 10.9. The van der Waals surface area contributed by atoms with Gasteiger partial charge in [-0.15, -0.1) is 0 Å². The van der Waals surface area contributed by atoms with Crippen LogP contribution < -0.4 is 5.73 Å². The Morgan fingerprint density at radius 2 is 2.18 bits per heavy atom. The molecule has 5 nitrogen and oxygen atoms in total. The Balaban J connectivity index is 2.85. The van der Waals surface area contributed by atoms with E-state index in [1.807, 2.05) is 23.6 Å². The van der Waals surface area contributed by atoms with E-state index in [-0.39, 0.29) is 12.5 Å². The van der Waals surface area contributed by atoms with Gasteiger partial charge in [0.05, 0.1) is 22.4 Å². The molecule has 1 rings (SSSR count). The van der Waals surface area contributed by atoms with Crippen molar-refractivity contribution in [3.05, 3.63) is 15.9 Å². The number of hydrogen-bond donors (Lipinski definition) is 1. The number of primary amides is 1. The highest BCUT2D eigenvalue weighted by Gasteiger charge is 2.16. The molecule has 1 amide bonds. The predicted octanol–water partition coefficient (Wildman–Crippen LogP) is 1.05. The first-order valence-corrected chi connectivity index (χ1v) is 6.49. The van der Waals surface area contributed by atoms with E-state index >= 15 is 0 Å². The molecule has 1 aromatic heterocycles. The summed E-state index contributed by atoms with van der Waals surface area (Å²) < 4.78 is 2.89. The minimum Gasteiger partial charge on any atom is -0.369 e. The third-order valence-electron chi connectivity index (χ3n) is 2.70. The van der Waals surface area contributed by atoms with Crippen molar-refractivity contribution in [2.24, 2.45) is 12.8 Å². The molecule has 0 radical (unpaired) electrons. The van der Waals surface area contributed by atoms with E-state index in [0.717, 1.165) is 28.8 Å². The van der Waals surface area contributed by atoms with E-state index in [1.54, 1.807) is 0 Å². The van der Waals surface area contributed by atoms with Crippen molar-refractivity contribution in [3.63, 3.8) is 0 Å². The molecule has 0 bridgehead atoms. The molecule has 0 spiro atoms. The highest BCUT2D eigenvalue weighted by Crippen LogP contribution is 2.22. The Hall–Kier alpha value is -0.880. The minimum atomic E-state index is -0.305. The molecular weight excluding hydrogens is 284 g/mol. The van der Waals surface area contributed by atoms with Gasteiger partial charge < -0.3 is 5.73 Å². The zero-order valence-corrected chi connectivity index (χ0v) is 12.1. The zero-order chi connectivity index (χ0) is 13.0. The van der Waals surface area contributed by atoms with Gasteiger partial charge >= 0.3 is 0 Å². The van der Waals surface area contributed by atoms with Gasteiger partial charge in [-0.3, -0.25) is 14.4 Å². The molecule has 17 heavy (non-hydrogen) atoms. The number of rotatable bonds is 6. The summed E-state index contributed by atoms with van der Waals surface area (Å²) in [5, 5.41) is 4.42. The number of carbonyl (C=O) groups is 1. The van der Waals surface area contributed by atoms with Gasteiger partial charge in [-0.2, -0.15) is 5.10 Å². The normalized spacial score (nSPS) is 11.1.